The Bertz CT molecular complexity index is 553. The third-order valence-corrected chi connectivity index (χ3v) is 5.90. The van der Waals surface area contributed by atoms with Gasteiger partial charge >= 0.3 is 6.09 Å². The lowest BCUT2D eigenvalue weighted by Crippen LogP contribution is -2.27. The maximum Gasteiger partial charge on any atom is 0.406 e. The Hall–Kier alpha value is -1.62. The first kappa shape index (κ1) is 25.4. The zero-order chi connectivity index (χ0) is 21.7. The maximum atomic E-state index is 12.2. The summed E-state index contributed by atoms with van der Waals surface area (Å²) in [5.41, 5.74) is -0.143. The van der Waals surface area contributed by atoms with Crippen LogP contribution in [0.4, 0.5) is 4.79 Å². The van der Waals surface area contributed by atoms with E-state index in [1.807, 2.05) is 18.2 Å². The summed E-state index contributed by atoms with van der Waals surface area (Å²) in [7, 11) is 1.55. The first-order valence-corrected chi connectivity index (χ1v) is 11.2. The molecule has 5 nitrogen and oxygen atoms in total. The fourth-order valence-corrected chi connectivity index (χ4v) is 3.69. The molecule has 0 bridgehead atoms. The number of hydrogen-bond acceptors (Lipinski definition) is 4. The predicted octanol–water partition coefficient (Wildman–Crippen LogP) is 5.19. The first-order chi connectivity index (χ1) is 13.8. The van der Waals surface area contributed by atoms with E-state index in [1.54, 1.807) is 13.1 Å². The normalized spacial score (nSPS) is 20.4. The smallest absolute Gasteiger partial charge is 0.406 e. The third-order valence-electron chi connectivity index (χ3n) is 5.90. The number of allylic oxidation sites excluding steroid dienone is 3. The number of hydrogen-bond donors (Lipinski definition) is 2. The van der Waals surface area contributed by atoms with Gasteiger partial charge in [0.05, 0.1) is 12.7 Å². The lowest BCUT2D eigenvalue weighted by molar-refractivity contribution is -0.118. The molecule has 1 aliphatic rings. The molecule has 0 saturated carbocycles. The molecule has 0 spiro atoms. The molecule has 29 heavy (non-hydrogen) atoms. The second-order valence-corrected chi connectivity index (χ2v) is 8.81. The van der Waals surface area contributed by atoms with Crippen LogP contribution in [0.15, 0.2) is 24.3 Å². The van der Waals surface area contributed by atoms with Crippen molar-refractivity contribution in [3.05, 3.63) is 24.3 Å². The van der Waals surface area contributed by atoms with E-state index in [0.29, 0.717) is 6.61 Å². The summed E-state index contributed by atoms with van der Waals surface area (Å²) in [6, 6.07) is 0. The van der Waals surface area contributed by atoms with E-state index in [2.05, 4.69) is 26.1 Å². The lowest BCUT2D eigenvalue weighted by Gasteiger charge is -2.29. The summed E-state index contributed by atoms with van der Waals surface area (Å²) < 4.78 is 4.97. The molecule has 0 aromatic heterocycles. The van der Waals surface area contributed by atoms with Gasteiger partial charge in [-0.1, -0.05) is 77.5 Å². The highest BCUT2D eigenvalue weighted by molar-refractivity contribution is 5.94. The van der Waals surface area contributed by atoms with Crippen LogP contribution >= 0.6 is 0 Å². The van der Waals surface area contributed by atoms with Crippen LogP contribution in [-0.4, -0.2) is 36.7 Å². The number of aliphatic hydroxyl groups is 1. The van der Waals surface area contributed by atoms with Crippen LogP contribution in [0.1, 0.15) is 78.6 Å². The van der Waals surface area contributed by atoms with E-state index < -0.39 is 6.10 Å². The number of aliphatic hydroxyl groups excluding tert-OH is 1. The minimum Gasteiger partial charge on any atom is -0.450 e. The summed E-state index contributed by atoms with van der Waals surface area (Å²) in [6.45, 7) is 6.82. The number of unbranched alkanes of at least 4 members (excludes halogenated alkanes) is 5. The molecule has 0 aromatic rings. The van der Waals surface area contributed by atoms with Crippen molar-refractivity contribution in [2.24, 2.45) is 17.3 Å². The van der Waals surface area contributed by atoms with Crippen molar-refractivity contribution < 1.29 is 19.4 Å². The summed E-state index contributed by atoms with van der Waals surface area (Å²) in [5, 5.41) is 13.0. The molecule has 1 aliphatic carbocycles. The molecule has 0 saturated heterocycles. The molecule has 166 valence electrons. The Morgan fingerprint density at radius 1 is 1.24 bits per heavy atom. The van der Waals surface area contributed by atoms with Crippen molar-refractivity contribution in [3.8, 4) is 0 Å². The van der Waals surface area contributed by atoms with Crippen LogP contribution in [0.5, 0.6) is 0 Å². The molecule has 2 N–H and O–H groups in total. The Morgan fingerprint density at radius 2 is 1.93 bits per heavy atom. The van der Waals surface area contributed by atoms with Gasteiger partial charge in [-0.05, 0) is 30.8 Å². The second-order valence-electron chi connectivity index (χ2n) is 8.81. The van der Waals surface area contributed by atoms with Gasteiger partial charge in [0, 0.05) is 18.9 Å². The molecule has 5 heteroatoms. The molecule has 0 unspecified atom stereocenters. The minimum atomic E-state index is -0.490. The monoisotopic (exact) mass is 407 g/mol. The van der Waals surface area contributed by atoms with Crippen molar-refractivity contribution in [2.45, 2.75) is 84.7 Å². The minimum absolute atomic E-state index is 0.00814. The molecular weight excluding hydrogens is 366 g/mol. The van der Waals surface area contributed by atoms with Crippen LogP contribution in [0, 0.1) is 17.3 Å². The maximum absolute atomic E-state index is 12.2. The van der Waals surface area contributed by atoms with Gasteiger partial charge in [0.15, 0.2) is 5.78 Å². The van der Waals surface area contributed by atoms with Crippen molar-refractivity contribution in [1.82, 2.24) is 5.32 Å². The molecule has 0 fully saturated rings. The summed E-state index contributed by atoms with van der Waals surface area (Å²) in [5.74, 6) is 0.312. The van der Waals surface area contributed by atoms with E-state index in [-0.39, 0.29) is 29.1 Å². The van der Waals surface area contributed by atoms with Gasteiger partial charge in [-0.25, -0.2) is 4.79 Å². The number of ketones is 1. The van der Waals surface area contributed by atoms with Crippen LogP contribution in [0.25, 0.3) is 0 Å². The molecule has 1 rings (SSSR count). The fourth-order valence-electron chi connectivity index (χ4n) is 3.69. The van der Waals surface area contributed by atoms with Crippen molar-refractivity contribution >= 4 is 11.9 Å². The molecule has 3 atom stereocenters. The van der Waals surface area contributed by atoms with Crippen LogP contribution in [0.2, 0.25) is 0 Å². The Balaban J connectivity index is 2.32. The first-order valence-electron chi connectivity index (χ1n) is 11.2. The Kier molecular flexibility index (Phi) is 11.9. The number of rotatable bonds is 14. The van der Waals surface area contributed by atoms with Crippen LogP contribution in [-0.2, 0) is 9.53 Å². The SMILES string of the molecule is CCCCC(C)(C)[C@H](O)C=C[C@H]1C=CC(=O)[C@@H]1CCCCCCCOC(=O)NC. The van der Waals surface area contributed by atoms with Gasteiger partial charge in [0.25, 0.3) is 0 Å². The quantitative estimate of drug-likeness (QED) is 0.307. The van der Waals surface area contributed by atoms with Gasteiger partial charge in [0.1, 0.15) is 0 Å². The second kappa shape index (κ2) is 13.6. The molecule has 0 aliphatic heterocycles. The standard InChI is InChI=1S/C24H41NO4/c1-5-6-17-24(2,3)22(27)16-14-19-13-15-21(26)20(19)12-10-8-7-9-11-18-29-23(28)25-4/h13-16,19-20,22,27H,5-12,17-18H2,1-4H3,(H,25,28)/t19-,20-,22-/m1/s1. The number of amides is 1. The Labute approximate surface area is 177 Å². The van der Waals surface area contributed by atoms with E-state index in [1.165, 1.54) is 0 Å². The number of carbonyl (C=O) groups excluding carboxylic acids is 2. The third kappa shape index (κ3) is 9.62. The van der Waals surface area contributed by atoms with Crippen molar-refractivity contribution in [3.63, 3.8) is 0 Å². The zero-order valence-electron chi connectivity index (χ0n) is 18.8. The number of nitrogens with one attached hydrogen (secondary N) is 1. The van der Waals surface area contributed by atoms with E-state index in [4.69, 9.17) is 4.74 Å². The highest BCUT2D eigenvalue weighted by Crippen LogP contribution is 2.32. The zero-order valence-corrected chi connectivity index (χ0v) is 18.8. The van der Waals surface area contributed by atoms with Gasteiger partial charge in [-0.2, -0.15) is 0 Å². The molecule has 0 heterocycles. The lowest BCUT2D eigenvalue weighted by atomic mass is 9.80. The number of ether oxygens (including phenoxy) is 1. The number of alkyl carbamates (subject to hydrolysis) is 1. The van der Waals surface area contributed by atoms with E-state index >= 15 is 0 Å². The number of carbonyl (C=O) groups is 2. The van der Waals surface area contributed by atoms with Crippen molar-refractivity contribution in [1.29, 1.82) is 0 Å². The predicted molar refractivity (Wildman–Crippen MR) is 118 cm³/mol. The Morgan fingerprint density at radius 3 is 2.62 bits per heavy atom. The van der Waals surface area contributed by atoms with Gasteiger partial charge in [-0.3, -0.25) is 4.79 Å². The fraction of sp³-hybridized carbons (Fsp3) is 0.750. The van der Waals surface area contributed by atoms with E-state index in [9.17, 15) is 14.7 Å². The topological polar surface area (TPSA) is 75.6 Å². The summed E-state index contributed by atoms with van der Waals surface area (Å²) in [4.78, 5) is 23.2. The van der Waals surface area contributed by atoms with Crippen LogP contribution in [0.3, 0.4) is 0 Å². The van der Waals surface area contributed by atoms with E-state index in [0.717, 1.165) is 57.8 Å². The molecule has 0 radical (unpaired) electrons. The van der Waals surface area contributed by atoms with Gasteiger partial charge in [0.2, 0.25) is 0 Å². The van der Waals surface area contributed by atoms with Crippen LogP contribution < -0.4 is 5.32 Å². The average Bonchev–Trinajstić information content (AvgIpc) is 3.05. The largest absolute Gasteiger partial charge is 0.450 e. The molecular formula is C24H41NO4. The molecule has 0 aromatic carbocycles. The summed E-state index contributed by atoms with van der Waals surface area (Å²) >= 11 is 0. The molecule has 1 amide bonds. The van der Waals surface area contributed by atoms with Gasteiger partial charge < -0.3 is 15.2 Å². The average molecular weight is 408 g/mol. The summed E-state index contributed by atoms with van der Waals surface area (Å²) in [6.07, 6.45) is 15.9. The highest BCUT2D eigenvalue weighted by atomic mass is 16.5. The van der Waals surface area contributed by atoms with Crippen molar-refractivity contribution in [2.75, 3.05) is 13.7 Å². The highest BCUT2D eigenvalue weighted by Gasteiger charge is 2.29. The van der Waals surface area contributed by atoms with Gasteiger partial charge in [-0.15, -0.1) is 0 Å².